The predicted molar refractivity (Wildman–Crippen MR) is 54.2 cm³/mol. The van der Waals surface area contributed by atoms with Crippen molar-refractivity contribution in [2.75, 3.05) is 0 Å². The van der Waals surface area contributed by atoms with Crippen LogP contribution in [-0.2, 0) is 11.2 Å². The van der Waals surface area contributed by atoms with Crippen LogP contribution >= 0.6 is 0 Å². The fourth-order valence-corrected chi connectivity index (χ4v) is 1.24. The van der Waals surface area contributed by atoms with Gasteiger partial charge in [0, 0.05) is 5.56 Å². The molecule has 0 fully saturated rings. The van der Waals surface area contributed by atoms with Crippen molar-refractivity contribution in [3.8, 4) is 0 Å². The highest BCUT2D eigenvalue weighted by Gasteiger charge is 2.04. The SMILES string of the molecule is CC(=O)c1cccc(C[C@H](N)C=O)c1. The van der Waals surface area contributed by atoms with Gasteiger partial charge in [-0.15, -0.1) is 0 Å². The van der Waals surface area contributed by atoms with Crippen molar-refractivity contribution in [2.24, 2.45) is 5.73 Å². The van der Waals surface area contributed by atoms with Crippen LogP contribution in [0.25, 0.3) is 0 Å². The van der Waals surface area contributed by atoms with Crippen LogP contribution < -0.4 is 5.73 Å². The number of carbonyl (C=O) groups is 2. The van der Waals surface area contributed by atoms with E-state index in [2.05, 4.69) is 0 Å². The third-order valence-corrected chi connectivity index (χ3v) is 1.98. The van der Waals surface area contributed by atoms with E-state index in [1.165, 1.54) is 6.92 Å². The van der Waals surface area contributed by atoms with Crippen molar-refractivity contribution >= 4 is 12.1 Å². The van der Waals surface area contributed by atoms with Gasteiger partial charge in [0.1, 0.15) is 6.29 Å². The molecule has 3 nitrogen and oxygen atoms in total. The molecule has 0 spiro atoms. The number of hydrogen-bond acceptors (Lipinski definition) is 3. The maximum absolute atomic E-state index is 11.1. The Morgan fingerprint density at radius 3 is 2.86 bits per heavy atom. The smallest absolute Gasteiger partial charge is 0.159 e. The van der Waals surface area contributed by atoms with Crippen molar-refractivity contribution < 1.29 is 9.59 Å². The third-order valence-electron chi connectivity index (χ3n) is 1.98. The van der Waals surface area contributed by atoms with Gasteiger partial charge in [-0.3, -0.25) is 4.79 Å². The molecule has 74 valence electrons. The summed E-state index contributed by atoms with van der Waals surface area (Å²) in [5.41, 5.74) is 7.05. The van der Waals surface area contributed by atoms with E-state index in [1.54, 1.807) is 18.2 Å². The fourth-order valence-electron chi connectivity index (χ4n) is 1.24. The lowest BCUT2D eigenvalue weighted by molar-refractivity contribution is -0.108. The molecule has 1 atom stereocenters. The summed E-state index contributed by atoms with van der Waals surface area (Å²) in [4.78, 5) is 21.4. The summed E-state index contributed by atoms with van der Waals surface area (Å²) in [6, 6.07) is 6.68. The van der Waals surface area contributed by atoms with E-state index in [0.717, 1.165) is 5.56 Å². The lowest BCUT2D eigenvalue weighted by Gasteiger charge is -2.04. The van der Waals surface area contributed by atoms with E-state index >= 15 is 0 Å². The van der Waals surface area contributed by atoms with Crippen molar-refractivity contribution in [1.82, 2.24) is 0 Å². The zero-order valence-corrected chi connectivity index (χ0v) is 8.07. The summed E-state index contributed by atoms with van der Waals surface area (Å²) in [5.74, 6) is 0.0199. The molecule has 0 aromatic heterocycles. The molecule has 0 aliphatic heterocycles. The molecule has 14 heavy (non-hydrogen) atoms. The molecular formula is C11H13NO2. The molecule has 0 heterocycles. The van der Waals surface area contributed by atoms with Crippen LogP contribution in [0.1, 0.15) is 22.8 Å². The van der Waals surface area contributed by atoms with Gasteiger partial charge in [0.05, 0.1) is 6.04 Å². The number of benzene rings is 1. The van der Waals surface area contributed by atoms with Gasteiger partial charge in [0.15, 0.2) is 5.78 Å². The average molecular weight is 191 g/mol. The fraction of sp³-hybridized carbons (Fsp3) is 0.273. The normalized spacial score (nSPS) is 12.1. The first-order chi connectivity index (χ1) is 6.63. The molecule has 3 heteroatoms. The van der Waals surface area contributed by atoms with E-state index in [1.807, 2.05) is 6.07 Å². The zero-order chi connectivity index (χ0) is 10.6. The van der Waals surface area contributed by atoms with Gasteiger partial charge in [-0.1, -0.05) is 18.2 Å². The summed E-state index contributed by atoms with van der Waals surface area (Å²) >= 11 is 0. The minimum absolute atomic E-state index is 0.0199. The summed E-state index contributed by atoms with van der Waals surface area (Å²) in [6.45, 7) is 1.51. The molecule has 0 radical (unpaired) electrons. The zero-order valence-electron chi connectivity index (χ0n) is 8.07. The number of aldehydes is 1. The monoisotopic (exact) mass is 191 g/mol. The van der Waals surface area contributed by atoms with Gasteiger partial charge in [0.2, 0.25) is 0 Å². The van der Waals surface area contributed by atoms with Crippen molar-refractivity contribution in [2.45, 2.75) is 19.4 Å². The van der Waals surface area contributed by atoms with Gasteiger partial charge < -0.3 is 10.5 Å². The molecular weight excluding hydrogens is 178 g/mol. The van der Waals surface area contributed by atoms with Gasteiger partial charge in [-0.05, 0) is 25.0 Å². The molecule has 0 aliphatic carbocycles. The molecule has 0 aliphatic rings. The van der Waals surface area contributed by atoms with E-state index in [9.17, 15) is 9.59 Å². The number of hydrogen-bond donors (Lipinski definition) is 1. The second-order valence-electron chi connectivity index (χ2n) is 3.26. The maximum atomic E-state index is 11.1. The molecule has 0 saturated heterocycles. The van der Waals surface area contributed by atoms with Crippen LogP contribution in [0, 0.1) is 0 Å². The average Bonchev–Trinajstić information content (AvgIpc) is 2.18. The number of rotatable bonds is 4. The Balaban J connectivity index is 2.83. The van der Waals surface area contributed by atoms with Gasteiger partial charge in [0.25, 0.3) is 0 Å². The van der Waals surface area contributed by atoms with E-state index in [-0.39, 0.29) is 5.78 Å². The second-order valence-corrected chi connectivity index (χ2v) is 3.26. The molecule has 1 aromatic rings. The Bertz CT molecular complexity index is 347. The minimum Gasteiger partial charge on any atom is -0.321 e. The second kappa shape index (κ2) is 4.67. The van der Waals surface area contributed by atoms with Gasteiger partial charge in [-0.25, -0.2) is 0 Å². The minimum atomic E-state index is -0.489. The molecule has 0 unspecified atom stereocenters. The van der Waals surface area contributed by atoms with Gasteiger partial charge >= 0.3 is 0 Å². The Morgan fingerprint density at radius 1 is 1.57 bits per heavy atom. The number of ketones is 1. The molecule has 1 rings (SSSR count). The summed E-state index contributed by atoms with van der Waals surface area (Å²) in [5, 5.41) is 0. The lowest BCUT2D eigenvalue weighted by atomic mass is 10.0. The first-order valence-corrected chi connectivity index (χ1v) is 4.44. The van der Waals surface area contributed by atoms with E-state index in [4.69, 9.17) is 5.73 Å². The largest absolute Gasteiger partial charge is 0.321 e. The topological polar surface area (TPSA) is 60.2 Å². The quantitative estimate of drug-likeness (QED) is 0.569. The Kier molecular flexibility index (Phi) is 3.54. The molecule has 0 bridgehead atoms. The van der Waals surface area contributed by atoms with Crippen LogP contribution in [0.5, 0.6) is 0 Å². The van der Waals surface area contributed by atoms with Crippen LogP contribution in [0.15, 0.2) is 24.3 Å². The highest BCUT2D eigenvalue weighted by atomic mass is 16.1. The summed E-state index contributed by atoms with van der Waals surface area (Å²) in [6.07, 6.45) is 1.19. The first-order valence-electron chi connectivity index (χ1n) is 4.44. The van der Waals surface area contributed by atoms with Crippen LogP contribution in [0.4, 0.5) is 0 Å². The number of Topliss-reactive ketones (excluding diaryl/α,β-unsaturated/α-hetero) is 1. The molecule has 1 aromatic carbocycles. The highest BCUT2D eigenvalue weighted by molar-refractivity contribution is 5.94. The standard InChI is InChI=1S/C11H13NO2/c1-8(14)10-4-2-3-9(5-10)6-11(12)7-13/h2-5,7,11H,6,12H2,1H3/t11-/m0/s1. The highest BCUT2D eigenvalue weighted by Crippen LogP contribution is 2.07. The molecule has 0 amide bonds. The van der Waals surface area contributed by atoms with Gasteiger partial charge in [-0.2, -0.15) is 0 Å². The van der Waals surface area contributed by atoms with E-state index < -0.39 is 6.04 Å². The Hall–Kier alpha value is -1.48. The number of carbonyl (C=O) groups excluding carboxylic acids is 2. The van der Waals surface area contributed by atoms with Crippen molar-refractivity contribution in [3.05, 3.63) is 35.4 Å². The first kappa shape index (κ1) is 10.6. The summed E-state index contributed by atoms with van der Waals surface area (Å²) in [7, 11) is 0. The maximum Gasteiger partial charge on any atom is 0.159 e. The Morgan fingerprint density at radius 2 is 2.29 bits per heavy atom. The van der Waals surface area contributed by atoms with E-state index in [0.29, 0.717) is 18.3 Å². The molecule has 2 N–H and O–H groups in total. The van der Waals surface area contributed by atoms with Crippen molar-refractivity contribution in [1.29, 1.82) is 0 Å². The van der Waals surface area contributed by atoms with Crippen LogP contribution in [-0.4, -0.2) is 18.1 Å². The van der Waals surface area contributed by atoms with Crippen molar-refractivity contribution in [3.63, 3.8) is 0 Å². The number of nitrogens with two attached hydrogens (primary N) is 1. The summed E-state index contributed by atoms with van der Waals surface area (Å²) < 4.78 is 0. The predicted octanol–water partition coefficient (Wildman–Crippen LogP) is 0.958. The van der Waals surface area contributed by atoms with Crippen LogP contribution in [0.3, 0.4) is 0 Å². The lowest BCUT2D eigenvalue weighted by Crippen LogP contribution is -2.24. The van der Waals surface area contributed by atoms with Crippen LogP contribution in [0.2, 0.25) is 0 Å². The molecule has 0 saturated carbocycles. The third kappa shape index (κ3) is 2.78. The Labute approximate surface area is 82.9 Å².